The third kappa shape index (κ3) is 5.28. The fourth-order valence-electron chi connectivity index (χ4n) is 2.97. The van der Waals surface area contributed by atoms with Crippen molar-refractivity contribution in [1.82, 2.24) is 0 Å². The summed E-state index contributed by atoms with van der Waals surface area (Å²) in [4.78, 5) is 12.8. The van der Waals surface area contributed by atoms with Gasteiger partial charge in [0.25, 0.3) is 0 Å². The molecule has 1 rings (SSSR count). The van der Waals surface area contributed by atoms with Gasteiger partial charge in [0.2, 0.25) is 0 Å². The standard InChI is InChI=1S/C18H34O3/c1-16(2,3)13-18(7,17(4,5)6)15(19)21-12-14-10-8-9-11-20-14/h14H,8-13H2,1-7H3. The van der Waals surface area contributed by atoms with Gasteiger partial charge in [-0.2, -0.15) is 0 Å². The number of hydrogen-bond donors (Lipinski definition) is 0. The molecule has 1 aliphatic rings. The van der Waals surface area contributed by atoms with Crippen molar-refractivity contribution < 1.29 is 14.3 Å². The Morgan fingerprint density at radius 3 is 2.14 bits per heavy atom. The van der Waals surface area contributed by atoms with E-state index in [9.17, 15) is 4.79 Å². The zero-order valence-electron chi connectivity index (χ0n) is 15.0. The van der Waals surface area contributed by atoms with E-state index in [1.54, 1.807) is 0 Å². The van der Waals surface area contributed by atoms with Crippen molar-refractivity contribution in [3.63, 3.8) is 0 Å². The largest absolute Gasteiger partial charge is 0.462 e. The van der Waals surface area contributed by atoms with Crippen LogP contribution in [0.25, 0.3) is 0 Å². The quantitative estimate of drug-likeness (QED) is 0.712. The molecule has 0 spiro atoms. The average molecular weight is 298 g/mol. The molecule has 0 bridgehead atoms. The second-order valence-electron chi connectivity index (χ2n) is 8.91. The normalized spacial score (nSPS) is 23.5. The fraction of sp³-hybridized carbons (Fsp3) is 0.944. The number of rotatable bonds is 4. The Balaban J connectivity index is 2.71. The smallest absolute Gasteiger partial charge is 0.312 e. The van der Waals surface area contributed by atoms with Gasteiger partial charge in [0.05, 0.1) is 11.5 Å². The molecule has 0 aromatic rings. The molecule has 0 saturated carbocycles. The zero-order chi connectivity index (χ0) is 16.3. The lowest BCUT2D eigenvalue weighted by atomic mass is 9.61. The van der Waals surface area contributed by atoms with Gasteiger partial charge >= 0.3 is 5.97 Å². The van der Waals surface area contributed by atoms with Crippen LogP contribution in [0.15, 0.2) is 0 Å². The van der Waals surface area contributed by atoms with Gasteiger partial charge in [0, 0.05) is 6.61 Å². The number of ether oxygens (including phenoxy) is 2. The number of carbonyl (C=O) groups is 1. The first-order valence-electron chi connectivity index (χ1n) is 8.24. The average Bonchev–Trinajstić information content (AvgIpc) is 2.33. The van der Waals surface area contributed by atoms with Gasteiger partial charge in [-0.1, -0.05) is 41.5 Å². The molecule has 0 aliphatic carbocycles. The zero-order valence-corrected chi connectivity index (χ0v) is 15.0. The summed E-state index contributed by atoms with van der Waals surface area (Å²) in [7, 11) is 0. The maximum Gasteiger partial charge on any atom is 0.312 e. The minimum Gasteiger partial charge on any atom is -0.462 e. The van der Waals surface area contributed by atoms with Crippen molar-refractivity contribution >= 4 is 5.97 Å². The monoisotopic (exact) mass is 298 g/mol. The highest BCUT2D eigenvalue weighted by atomic mass is 16.6. The summed E-state index contributed by atoms with van der Waals surface area (Å²) in [6, 6.07) is 0. The minimum absolute atomic E-state index is 0.0842. The summed E-state index contributed by atoms with van der Waals surface area (Å²) < 4.78 is 11.3. The van der Waals surface area contributed by atoms with E-state index in [2.05, 4.69) is 41.5 Å². The topological polar surface area (TPSA) is 35.5 Å². The van der Waals surface area contributed by atoms with Gasteiger partial charge in [-0.3, -0.25) is 4.79 Å². The lowest BCUT2D eigenvalue weighted by Crippen LogP contribution is -2.45. The third-order valence-corrected chi connectivity index (χ3v) is 4.66. The van der Waals surface area contributed by atoms with Crippen LogP contribution in [-0.4, -0.2) is 25.3 Å². The van der Waals surface area contributed by atoms with Gasteiger partial charge in [0.15, 0.2) is 0 Å². The van der Waals surface area contributed by atoms with E-state index < -0.39 is 5.41 Å². The maximum atomic E-state index is 12.8. The Bertz CT molecular complexity index is 342. The first-order chi connectivity index (χ1) is 9.46. The molecule has 2 unspecified atom stereocenters. The van der Waals surface area contributed by atoms with Crippen molar-refractivity contribution in [3.8, 4) is 0 Å². The highest BCUT2D eigenvalue weighted by molar-refractivity contribution is 5.77. The van der Waals surface area contributed by atoms with E-state index in [0.29, 0.717) is 6.61 Å². The van der Waals surface area contributed by atoms with Gasteiger partial charge in [-0.15, -0.1) is 0 Å². The molecule has 0 aromatic heterocycles. The van der Waals surface area contributed by atoms with E-state index in [0.717, 1.165) is 25.9 Å². The lowest BCUT2D eigenvalue weighted by molar-refractivity contribution is -0.169. The summed E-state index contributed by atoms with van der Waals surface area (Å²) in [5, 5.41) is 0. The van der Waals surface area contributed by atoms with Crippen LogP contribution in [0.2, 0.25) is 0 Å². The fourth-order valence-corrected chi connectivity index (χ4v) is 2.97. The van der Waals surface area contributed by atoms with Gasteiger partial charge in [-0.05, 0) is 43.4 Å². The van der Waals surface area contributed by atoms with E-state index in [1.807, 2.05) is 6.92 Å². The molecule has 1 aliphatic heterocycles. The molecule has 0 N–H and O–H groups in total. The molecular weight excluding hydrogens is 264 g/mol. The summed E-state index contributed by atoms with van der Waals surface area (Å²) in [6.45, 7) is 16.1. The van der Waals surface area contributed by atoms with Crippen LogP contribution in [0.5, 0.6) is 0 Å². The van der Waals surface area contributed by atoms with E-state index in [-0.39, 0.29) is 22.9 Å². The Hall–Kier alpha value is -0.570. The van der Waals surface area contributed by atoms with Crippen molar-refractivity contribution in [1.29, 1.82) is 0 Å². The molecular formula is C18H34O3. The molecule has 1 saturated heterocycles. The molecule has 21 heavy (non-hydrogen) atoms. The van der Waals surface area contributed by atoms with Gasteiger partial charge in [0.1, 0.15) is 6.61 Å². The molecule has 1 fully saturated rings. The first kappa shape index (κ1) is 18.5. The van der Waals surface area contributed by atoms with E-state index in [1.165, 1.54) is 6.42 Å². The molecule has 3 heteroatoms. The van der Waals surface area contributed by atoms with E-state index >= 15 is 0 Å². The first-order valence-corrected chi connectivity index (χ1v) is 8.24. The van der Waals surface area contributed by atoms with Gasteiger partial charge < -0.3 is 9.47 Å². The predicted molar refractivity (Wildman–Crippen MR) is 86.2 cm³/mol. The van der Waals surface area contributed by atoms with Gasteiger partial charge in [-0.25, -0.2) is 0 Å². The maximum absolute atomic E-state index is 12.8. The molecule has 0 amide bonds. The van der Waals surface area contributed by atoms with Crippen molar-refractivity contribution in [2.75, 3.05) is 13.2 Å². The van der Waals surface area contributed by atoms with Crippen LogP contribution in [0.4, 0.5) is 0 Å². The number of esters is 1. The van der Waals surface area contributed by atoms with Crippen LogP contribution in [0.3, 0.4) is 0 Å². The summed E-state index contributed by atoms with van der Waals surface area (Å²) >= 11 is 0. The molecule has 2 atom stereocenters. The molecule has 124 valence electrons. The molecule has 3 nitrogen and oxygen atoms in total. The van der Waals surface area contributed by atoms with E-state index in [4.69, 9.17) is 9.47 Å². The minimum atomic E-state index is -0.486. The molecule has 0 radical (unpaired) electrons. The Morgan fingerprint density at radius 2 is 1.71 bits per heavy atom. The Morgan fingerprint density at radius 1 is 1.10 bits per heavy atom. The third-order valence-electron chi connectivity index (χ3n) is 4.66. The van der Waals surface area contributed by atoms with Crippen LogP contribution in [0, 0.1) is 16.2 Å². The van der Waals surface area contributed by atoms with Crippen molar-refractivity contribution in [2.45, 2.75) is 80.3 Å². The molecule has 1 heterocycles. The van der Waals surface area contributed by atoms with Crippen molar-refractivity contribution in [2.24, 2.45) is 16.2 Å². The van der Waals surface area contributed by atoms with Crippen molar-refractivity contribution in [3.05, 3.63) is 0 Å². The summed E-state index contributed by atoms with van der Waals surface area (Å²) in [5.41, 5.74) is -0.535. The lowest BCUT2D eigenvalue weighted by Gasteiger charge is -2.43. The second kappa shape index (κ2) is 6.68. The SMILES string of the molecule is CC(C)(C)CC(C)(C(=O)OCC1CCCCO1)C(C)(C)C. The van der Waals surface area contributed by atoms with Crippen LogP contribution in [-0.2, 0) is 14.3 Å². The Labute approximate surface area is 130 Å². The summed E-state index contributed by atoms with van der Waals surface area (Å²) in [5.74, 6) is -0.0842. The predicted octanol–water partition coefficient (Wildman–Crippen LogP) is 4.59. The highest BCUT2D eigenvalue weighted by Crippen LogP contribution is 2.47. The van der Waals surface area contributed by atoms with Crippen LogP contribution < -0.4 is 0 Å². The number of carbonyl (C=O) groups excluding carboxylic acids is 1. The number of hydrogen-bond acceptors (Lipinski definition) is 3. The Kier molecular flexibility index (Phi) is 5.88. The van der Waals surface area contributed by atoms with Crippen LogP contribution in [0.1, 0.15) is 74.1 Å². The highest BCUT2D eigenvalue weighted by Gasteiger charge is 2.47. The summed E-state index contributed by atoms with van der Waals surface area (Å²) in [6.07, 6.45) is 4.18. The van der Waals surface area contributed by atoms with Crippen LogP contribution >= 0.6 is 0 Å². The molecule has 0 aromatic carbocycles. The second-order valence-corrected chi connectivity index (χ2v) is 8.91.